The van der Waals surface area contributed by atoms with Crippen LogP contribution in [0.3, 0.4) is 0 Å². The van der Waals surface area contributed by atoms with Crippen molar-refractivity contribution in [2.24, 2.45) is 0 Å². The maximum absolute atomic E-state index is 13.3. The van der Waals surface area contributed by atoms with Crippen LogP contribution in [0.5, 0.6) is 0 Å². The van der Waals surface area contributed by atoms with Gasteiger partial charge >= 0.3 is 0 Å². The Hall–Kier alpha value is -1.87. The minimum Gasteiger partial charge on any atom is -0.292 e. The zero-order valence-corrected chi connectivity index (χ0v) is 16.0. The van der Waals surface area contributed by atoms with E-state index in [1.54, 1.807) is 0 Å². The molecule has 0 saturated carbocycles. The summed E-state index contributed by atoms with van der Waals surface area (Å²) in [5.74, 6) is 0.107. The van der Waals surface area contributed by atoms with E-state index in [1.807, 2.05) is 60.7 Å². The minimum absolute atomic E-state index is 0.107. The molecule has 2 aromatic carbocycles. The topological polar surface area (TPSA) is 20.3 Å². The van der Waals surface area contributed by atoms with E-state index in [1.165, 1.54) is 0 Å². The quantitative estimate of drug-likeness (QED) is 0.637. The van der Waals surface area contributed by atoms with Gasteiger partial charge in [0.05, 0.1) is 0 Å². The van der Waals surface area contributed by atoms with Crippen molar-refractivity contribution in [1.82, 2.24) is 4.90 Å². The molecule has 2 aromatic rings. The molecule has 2 nitrogen and oxygen atoms in total. The van der Waals surface area contributed by atoms with Gasteiger partial charge in [0, 0.05) is 33.3 Å². The van der Waals surface area contributed by atoms with Crippen LogP contribution in [0, 0.1) is 0 Å². The third kappa shape index (κ3) is 3.03. The Morgan fingerprint density at radius 1 is 0.846 bits per heavy atom. The van der Waals surface area contributed by atoms with Crippen molar-refractivity contribution in [3.8, 4) is 0 Å². The molecule has 4 rings (SSSR count). The van der Waals surface area contributed by atoms with Gasteiger partial charge in [-0.1, -0.05) is 59.6 Å². The fourth-order valence-corrected chi connectivity index (χ4v) is 4.38. The predicted molar refractivity (Wildman–Crippen MR) is 108 cm³/mol. The lowest BCUT2D eigenvalue weighted by Crippen LogP contribution is -2.43. The number of carbonyl (C=O) groups is 1. The average Bonchev–Trinajstić information content (AvgIpc) is 2.94. The zero-order valence-electron chi connectivity index (χ0n) is 14.5. The Bertz CT molecular complexity index is 858. The van der Waals surface area contributed by atoms with Crippen LogP contribution >= 0.6 is 23.2 Å². The van der Waals surface area contributed by atoms with Gasteiger partial charge in [-0.3, -0.25) is 9.69 Å². The van der Waals surface area contributed by atoms with Gasteiger partial charge in [0.1, 0.15) is 0 Å². The van der Waals surface area contributed by atoms with Crippen molar-refractivity contribution < 1.29 is 4.79 Å². The van der Waals surface area contributed by atoms with Gasteiger partial charge in [0.2, 0.25) is 0 Å². The number of Topliss-reactive ketones (excluding diaryl/α,β-unsaturated/α-hetero) is 1. The molecule has 2 unspecified atom stereocenters. The molecule has 2 aliphatic rings. The first-order chi connectivity index (χ1) is 12.6. The first kappa shape index (κ1) is 17.5. The average molecular weight is 384 g/mol. The molecule has 0 amide bonds. The van der Waals surface area contributed by atoms with Gasteiger partial charge in [-0.25, -0.2) is 0 Å². The lowest BCUT2D eigenvalue weighted by Gasteiger charge is -2.34. The number of hydrogen-bond acceptors (Lipinski definition) is 2. The van der Waals surface area contributed by atoms with E-state index >= 15 is 0 Å². The van der Waals surface area contributed by atoms with Gasteiger partial charge in [-0.2, -0.15) is 0 Å². The normalized spacial score (nSPS) is 26.0. The second-order valence-corrected chi connectivity index (χ2v) is 7.66. The third-order valence-electron chi connectivity index (χ3n) is 5.37. The van der Waals surface area contributed by atoms with E-state index in [9.17, 15) is 4.79 Å². The summed E-state index contributed by atoms with van der Waals surface area (Å²) < 4.78 is 0. The monoisotopic (exact) mass is 383 g/mol. The molecule has 2 aliphatic heterocycles. The zero-order chi connectivity index (χ0) is 18.3. The molecule has 0 radical (unpaired) electrons. The van der Waals surface area contributed by atoms with Crippen molar-refractivity contribution in [3.05, 3.63) is 80.8 Å². The number of likely N-dealkylation sites (N-methyl/N-ethyl adjacent to an activating group) is 1. The molecule has 0 spiro atoms. The van der Waals surface area contributed by atoms with Gasteiger partial charge in [0.15, 0.2) is 5.78 Å². The molecule has 2 atom stereocenters. The highest BCUT2D eigenvalue weighted by atomic mass is 35.5. The fourth-order valence-electron chi connectivity index (χ4n) is 4.00. The van der Waals surface area contributed by atoms with Crippen LogP contribution in [0.15, 0.2) is 59.7 Å². The number of ketones is 1. The van der Waals surface area contributed by atoms with Gasteiger partial charge in [-0.15, -0.1) is 0 Å². The summed E-state index contributed by atoms with van der Waals surface area (Å²) in [6.45, 7) is 0. The first-order valence-electron chi connectivity index (χ1n) is 8.75. The van der Waals surface area contributed by atoms with E-state index in [0.29, 0.717) is 10.0 Å². The van der Waals surface area contributed by atoms with Crippen molar-refractivity contribution in [3.63, 3.8) is 0 Å². The van der Waals surface area contributed by atoms with Crippen LogP contribution in [-0.2, 0) is 4.79 Å². The number of rotatable bonds is 2. The summed E-state index contributed by atoms with van der Waals surface area (Å²) in [5, 5.41) is 1.32. The van der Waals surface area contributed by atoms with Gasteiger partial charge < -0.3 is 0 Å². The Morgan fingerprint density at radius 3 is 1.69 bits per heavy atom. The molecule has 26 heavy (non-hydrogen) atoms. The fraction of sp³-hybridized carbons (Fsp3) is 0.227. The van der Waals surface area contributed by atoms with E-state index < -0.39 is 0 Å². The number of piperidine rings is 1. The van der Waals surface area contributed by atoms with Crippen LogP contribution in [0.2, 0.25) is 10.0 Å². The molecule has 2 saturated heterocycles. The van der Waals surface area contributed by atoms with Crippen LogP contribution < -0.4 is 0 Å². The van der Waals surface area contributed by atoms with E-state index in [0.717, 1.165) is 35.1 Å². The maximum Gasteiger partial charge on any atom is 0.188 e. The van der Waals surface area contributed by atoms with Gasteiger partial charge in [0.25, 0.3) is 0 Å². The van der Waals surface area contributed by atoms with Crippen LogP contribution in [0.25, 0.3) is 12.2 Å². The summed E-state index contributed by atoms with van der Waals surface area (Å²) in [6.07, 6.45) is 5.85. The van der Waals surface area contributed by atoms with E-state index in [2.05, 4.69) is 11.9 Å². The first-order valence-corrected chi connectivity index (χ1v) is 9.50. The highest BCUT2D eigenvalue weighted by Crippen LogP contribution is 2.41. The Kier molecular flexibility index (Phi) is 4.74. The highest BCUT2D eigenvalue weighted by molar-refractivity contribution is 6.33. The van der Waals surface area contributed by atoms with Crippen LogP contribution in [-0.4, -0.2) is 29.8 Å². The van der Waals surface area contributed by atoms with E-state index in [4.69, 9.17) is 23.2 Å². The number of nitrogens with zero attached hydrogens (tertiary/aromatic N) is 1. The summed E-state index contributed by atoms with van der Waals surface area (Å²) in [5.41, 5.74) is 3.39. The number of benzene rings is 2. The summed E-state index contributed by atoms with van der Waals surface area (Å²) >= 11 is 12.6. The lowest BCUT2D eigenvalue weighted by atomic mass is 9.88. The number of halogens is 2. The number of fused-ring (bicyclic) bond motifs is 2. The predicted octanol–water partition coefficient (Wildman–Crippen LogP) is 5.51. The molecule has 0 aromatic heterocycles. The van der Waals surface area contributed by atoms with Crippen molar-refractivity contribution >= 4 is 41.1 Å². The molecule has 132 valence electrons. The van der Waals surface area contributed by atoms with Crippen molar-refractivity contribution in [2.75, 3.05) is 7.05 Å². The minimum atomic E-state index is 0.107. The summed E-state index contributed by atoms with van der Waals surface area (Å²) in [7, 11) is 2.09. The highest BCUT2D eigenvalue weighted by Gasteiger charge is 2.44. The summed E-state index contributed by atoms with van der Waals surface area (Å²) in [6, 6.07) is 15.6. The number of carbonyl (C=O) groups excluding carboxylic acids is 1. The van der Waals surface area contributed by atoms with Crippen LogP contribution in [0.4, 0.5) is 0 Å². The second kappa shape index (κ2) is 7.03. The van der Waals surface area contributed by atoms with Crippen molar-refractivity contribution in [1.29, 1.82) is 0 Å². The van der Waals surface area contributed by atoms with E-state index in [-0.39, 0.29) is 17.9 Å². The Labute approximate surface area is 163 Å². The molecule has 0 N–H and O–H groups in total. The standard InChI is InChI=1S/C22H19Cl2NO/c1-25-20-10-11-21(25)17(13-15-7-3-5-9-19(15)24)22(26)16(20)12-14-6-2-4-8-18(14)23/h2-9,12-13,20-21H,10-11H2,1H3/b16-12-,17-13+. The molecular weight excluding hydrogens is 365 g/mol. The number of hydrogen-bond donors (Lipinski definition) is 0. The molecule has 2 heterocycles. The molecule has 0 aliphatic carbocycles. The van der Waals surface area contributed by atoms with Crippen molar-refractivity contribution in [2.45, 2.75) is 24.9 Å². The van der Waals surface area contributed by atoms with Crippen LogP contribution in [0.1, 0.15) is 24.0 Å². The molecular formula is C22H19Cl2NO. The molecule has 2 bridgehead atoms. The SMILES string of the molecule is CN1C2CCC1/C(=C\c1ccccc1Cl)C(=O)/C2=C\c1ccccc1Cl. The molecule has 2 fully saturated rings. The lowest BCUT2D eigenvalue weighted by molar-refractivity contribution is -0.114. The smallest absolute Gasteiger partial charge is 0.188 e. The third-order valence-corrected chi connectivity index (χ3v) is 6.06. The van der Waals surface area contributed by atoms with Gasteiger partial charge in [-0.05, 0) is 55.3 Å². The second-order valence-electron chi connectivity index (χ2n) is 6.85. The Balaban J connectivity index is 1.81. The Morgan fingerprint density at radius 2 is 1.27 bits per heavy atom. The maximum atomic E-state index is 13.3. The summed E-state index contributed by atoms with van der Waals surface area (Å²) in [4.78, 5) is 15.6. The largest absolute Gasteiger partial charge is 0.292 e. The molecule has 4 heteroatoms.